The van der Waals surface area contributed by atoms with Gasteiger partial charge in [-0.1, -0.05) is 13.0 Å². The van der Waals surface area contributed by atoms with E-state index in [4.69, 9.17) is 4.74 Å². The Balaban J connectivity index is 2.66. The van der Waals surface area contributed by atoms with E-state index in [1.807, 2.05) is 43.9 Å². The summed E-state index contributed by atoms with van der Waals surface area (Å²) >= 11 is 0. The average molecular weight is 289 g/mol. The number of anilines is 1. The highest BCUT2D eigenvalue weighted by molar-refractivity contribution is 5.87. The predicted molar refractivity (Wildman–Crippen MR) is 84.9 cm³/mol. The van der Waals surface area contributed by atoms with Crippen molar-refractivity contribution in [1.82, 2.24) is 0 Å². The van der Waals surface area contributed by atoms with E-state index in [-0.39, 0.29) is 5.54 Å². The number of aliphatic carboxylic acids is 1. The molecule has 21 heavy (non-hydrogen) atoms. The van der Waals surface area contributed by atoms with Crippen LogP contribution in [0.25, 0.3) is 5.57 Å². The molecule has 0 spiro atoms. The van der Waals surface area contributed by atoms with Gasteiger partial charge in [0.05, 0.1) is 12.6 Å². The highest BCUT2D eigenvalue weighted by Gasteiger charge is 2.38. The van der Waals surface area contributed by atoms with Crippen molar-refractivity contribution in [2.75, 3.05) is 12.0 Å². The molecule has 1 aromatic carbocycles. The van der Waals surface area contributed by atoms with Crippen LogP contribution in [0.1, 0.15) is 39.7 Å². The number of rotatable bonds is 4. The van der Waals surface area contributed by atoms with Crippen LogP contribution in [0.2, 0.25) is 0 Å². The molecule has 0 saturated heterocycles. The van der Waals surface area contributed by atoms with Gasteiger partial charge in [0.1, 0.15) is 11.8 Å². The van der Waals surface area contributed by atoms with Crippen molar-refractivity contribution in [2.45, 2.75) is 45.7 Å². The van der Waals surface area contributed by atoms with E-state index in [0.29, 0.717) is 6.42 Å². The summed E-state index contributed by atoms with van der Waals surface area (Å²) < 4.78 is 5.31. The third-order valence-corrected chi connectivity index (χ3v) is 4.06. The van der Waals surface area contributed by atoms with Crippen molar-refractivity contribution in [3.63, 3.8) is 0 Å². The normalized spacial score (nSPS) is 17.8. The Bertz CT molecular complexity index is 590. The largest absolute Gasteiger partial charge is 0.497 e. The number of hydrogen-bond acceptors (Lipinski definition) is 3. The zero-order valence-electron chi connectivity index (χ0n) is 13.3. The molecular formula is C17H23NO3. The summed E-state index contributed by atoms with van der Waals surface area (Å²) in [7, 11) is 1.62. The van der Waals surface area contributed by atoms with Gasteiger partial charge in [0.25, 0.3) is 0 Å². The number of methoxy groups -OCH3 is 1. The maximum atomic E-state index is 11.7. The second-order valence-corrected chi connectivity index (χ2v) is 6.00. The van der Waals surface area contributed by atoms with Crippen LogP contribution in [-0.4, -0.2) is 29.8 Å². The molecule has 114 valence electrons. The molecule has 1 aliphatic rings. The molecule has 0 aliphatic carbocycles. The summed E-state index contributed by atoms with van der Waals surface area (Å²) in [5, 5.41) is 9.58. The number of allylic oxidation sites excluding steroid dienone is 1. The molecule has 0 aromatic heterocycles. The number of carboxylic acid groups (broad SMARTS) is 1. The number of carbonyl (C=O) groups is 1. The lowest BCUT2D eigenvalue weighted by atomic mass is 9.86. The van der Waals surface area contributed by atoms with Gasteiger partial charge in [-0.3, -0.25) is 0 Å². The van der Waals surface area contributed by atoms with Crippen molar-refractivity contribution in [3.8, 4) is 5.75 Å². The first-order valence-electron chi connectivity index (χ1n) is 7.21. The fraction of sp³-hybridized carbons (Fsp3) is 0.471. The fourth-order valence-corrected chi connectivity index (χ4v) is 3.20. The van der Waals surface area contributed by atoms with Crippen molar-refractivity contribution in [3.05, 3.63) is 29.8 Å². The van der Waals surface area contributed by atoms with Crippen LogP contribution >= 0.6 is 0 Å². The average Bonchev–Trinajstić information content (AvgIpc) is 2.41. The second-order valence-electron chi connectivity index (χ2n) is 6.00. The van der Waals surface area contributed by atoms with Crippen LogP contribution in [0.5, 0.6) is 5.75 Å². The SMILES string of the molecule is CCC(C(=O)O)N1c2cc(OC)ccc2C(C)=CC1(C)C. The van der Waals surface area contributed by atoms with Crippen LogP contribution in [0.15, 0.2) is 24.3 Å². The molecule has 4 heteroatoms. The monoisotopic (exact) mass is 289 g/mol. The first kappa shape index (κ1) is 15.4. The van der Waals surface area contributed by atoms with E-state index < -0.39 is 12.0 Å². The van der Waals surface area contributed by atoms with E-state index in [1.54, 1.807) is 7.11 Å². The molecule has 1 unspecified atom stereocenters. The van der Waals surface area contributed by atoms with Crippen LogP contribution in [-0.2, 0) is 4.79 Å². The topological polar surface area (TPSA) is 49.8 Å². The number of nitrogens with zero attached hydrogens (tertiary/aromatic N) is 1. The zero-order chi connectivity index (χ0) is 15.8. The first-order valence-corrected chi connectivity index (χ1v) is 7.21. The third kappa shape index (κ3) is 2.62. The lowest BCUT2D eigenvalue weighted by Gasteiger charge is -2.46. The Morgan fingerprint density at radius 3 is 2.62 bits per heavy atom. The Morgan fingerprint density at radius 1 is 1.43 bits per heavy atom. The highest BCUT2D eigenvalue weighted by atomic mass is 16.5. The van der Waals surface area contributed by atoms with Gasteiger partial charge in [0.2, 0.25) is 0 Å². The minimum Gasteiger partial charge on any atom is -0.497 e. The third-order valence-electron chi connectivity index (χ3n) is 4.06. The smallest absolute Gasteiger partial charge is 0.326 e. The lowest BCUT2D eigenvalue weighted by Crippen LogP contribution is -2.54. The standard InChI is InChI=1S/C17H23NO3/c1-6-14(16(19)20)18-15-9-12(21-5)7-8-13(15)11(2)10-17(18,3)4/h7-10,14H,6H2,1-5H3,(H,19,20). The molecule has 2 rings (SSSR count). The molecule has 0 fully saturated rings. The molecule has 4 nitrogen and oxygen atoms in total. The van der Waals surface area contributed by atoms with Crippen molar-refractivity contribution in [1.29, 1.82) is 0 Å². The van der Waals surface area contributed by atoms with Gasteiger partial charge in [-0.25, -0.2) is 4.79 Å². The maximum absolute atomic E-state index is 11.7. The molecular weight excluding hydrogens is 266 g/mol. The summed E-state index contributed by atoms with van der Waals surface area (Å²) in [5.41, 5.74) is 2.79. The van der Waals surface area contributed by atoms with Gasteiger partial charge < -0.3 is 14.7 Å². The van der Waals surface area contributed by atoms with Crippen molar-refractivity contribution >= 4 is 17.2 Å². The van der Waals surface area contributed by atoms with Gasteiger partial charge >= 0.3 is 5.97 Å². The highest BCUT2D eigenvalue weighted by Crippen LogP contribution is 2.42. The lowest BCUT2D eigenvalue weighted by molar-refractivity contribution is -0.139. The van der Waals surface area contributed by atoms with Gasteiger partial charge in [0, 0.05) is 17.3 Å². The van der Waals surface area contributed by atoms with Crippen LogP contribution < -0.4 is 9.64 Å². The van der Waals surface area contributed by atoms with Gasteiger partial charge in [-0.05, 0) is 44.9 Å². The number of fused-ring (bicyclic) bond motifs is 1. The molecule has 0 saturated carbocycles. The van der Waals surface area contributed by atoms with Gasteiger partial charge in [-0.15, -0.1) is 0 Å². The predicted octanol–water partition coefficient (Wildman–Crippen LogP) is 3.56. The summed E-state index contributed by atoms with van der Waals surface area (Å²) in [6.07, 6.45) is 2.68. The van der Waals surface area contributed by atoms with Gasteiger partial charge in [-0.2, -0.15) is 0 Å². The van der Waals surface area contributed by atoms with Gasteiger partial charge in [0.15, 0.2) is 0 Å². The fourth-order valence-electron chi connectivity index (χ4n) is 3.20. The van der Waals surface area contributed by atoms with Crippen LogP contribution in [0.3, 0.4) is 0 Å². The molecule has 0 amide bonds. The minimum absolute atomic E-state index is 0.359. The Morgan fingerprint density at radius 2 is 2.10 bits per heavy atom. The maximum Gasteiger partial charge on any atom is 0.326 e. The Hall–Kier alpha value is -1.97. The van der Waals surface area contributed by atoms with E-state index in [0.717, 1.165) is 22.6 Å². The zero-order valence-corrected chi connectivity index (χ0v) is 13.3. The second kappa shape index (κ2) is 5.43. The molecule has 1 heterocycles. The van der Waals surface area contributed by atoms with E-state index >= 15 is 0 Å². The Labute approximate surface area is 126 Å². The van der Waals surface area contributed by atoms with E-state index in [9.17, 15) is 9.90 Å². The summed E-state index contributed by atoms with van der Waals surface area (Å²) in [6, 6.07) is 5.28. The number of carboxylic acids is 1. The summed E-state index contributed by atoms with van der Waals surface area (Å²) in [4.78, 5) is 13.7. The van der Waals surface area contributed by atoms with Crippen molar-refractivity contribution in [2.24, 2.45) is 0 Å². The quantitative estimate of drug-likeness (QED) is 0.920. The molecule has 0 radical (unpaired) electrons. The molecule has 1 aliphatic heterocycles. The number of benzene rings is 1. The summed E-state index contributed by atoms with van der Waals surface area (Å²) in [5.74, 6) is -0.0585. The number of ether oxygens (including phenoxy) is 1. The molecule has 1 atom stereocenters. The molecule has 1 aromatic rings. The van der Waals surface area contributed by atoms with Crippen LogP contribution in [0.4, 0.5) is 5.69 Å². The Kier molecular flexibility index (Phi) is 3.99. The van der Waals surface area contributed by atoms with Crippen molar-refractivity contribution < 1.29 is 14.6 Å². The minimum atomic E-state index is -0.799. The first-order chi connectivity index (χ1) is 9.81. The summed E-state index contributed by atoms with van der Waals surface area (Å²) in [6.45, 7) is 8.06. The molecule has 0 bridgehead atoms. The molecule has 1 N–H and O–H groups in total. The van der Waals surface area contributed by atoms with Crippen LogP contribution in [0, 0.1) is 0 Å². The van der Waals surface area contributed by atoms with E-state index in [1.165, 1.54) is 0 Å². The number of hydrogen-bond donors (Lipinski definition) is 1. The van der Waals surface area contributed by atoms with E-state index in [2.05, 4.69) is 13.0 Å².